The first-order chi connectivity index (χ1) is 5.04. The fourth-order valence-corrected chi connectivity index (χ4v) is 0.440. The topological polar surface area (TPSA) is 17.8 Å². The van der Waals surface area contributed by atoms with Crippen LogP contribution in [-0.2, 0) is 7.05 Å². The molecule has 0 spiro atoms. The molecule has 0 aliphatic heterocycles. The van der Waals surface area contributed by atoms with Gasteiger partial charge in [-0.1, -0.05) is 20.8 Å². The molecule has 0 aliphatic carbocycles. The molecule has 0 unspecified atom stereocenters. The van der Waals surface area contributed by atoms with Gasteiger partial charge < -0.3 is 4.57 Å². The number of nitrogens with zero attached hydrogens (tertiary/aromatic N) is 2. The van der Waals surface area contributed by atoms with Crippen molar-refractivity contribution < 1.29 is 0 Å². The Labute approximate surface area is 69.3 Å². The molecule has 2 heteroatoms. The molecule has 1 heterocycles. The predicted molar refractivity (Wildman–Crippen MR) is 48.5 cm³/mol. The molecule has 11 heavy (non-hydrogen) atoms. The van der Waals surface area contributed by atoms with Gasteiger partial charge >= 0.3 is 0 Å². The Balaban J connectivity index is 0.000000218. The van der Waals surface area contributed by atoms with Gasteiger partial charge in [-0.3, -0.25) is 0 Å². The number of rotatable bonds is 0. The van der Waals surface area contributed by atoms with Crippen LogP contribution in [0.25, 0.3) is 0 Å². The van der Waals surface area contributed by atoms with Crippen molar-refractivity contribution in [3.05, 3.63) is 18.2 Å². The predicted octanol–water partition coefficient (Wildman–Crippen LogP) is 2.39. The Hall–Kier alpha value is -0.790. The SMILES string of the molecule is CC(C)C.Cc1nccn1C. The van der Waals surface area contributed by atoms with Crippen LogP contribution in [0.2, 0.25) is 0 Å². The van der Waals surface area contributed by atoms with Crippen molar-refractivity contribution in [2.24, 2.45) is 13.0 Å². The fourth-order valence-electron chi connectivity index (χ4n) is 0.440. The number of imidazole rings is 1. The number of hydrogen-bond acceptors (Lipinski definition) is 1. The van der Waals surface area contributed by atoms with Gasteiger partial charge in [-0.15, -0.1) is 0 Å². The summed E-state index contributed by atoms with van der Waals surface area (Å²) in [5.41, 5.74) is 0. The molecule has 1 aromatic heterocycles. The lowest BCUT2D eigenvalue weighted by atomic mass is 10.3. The monoisotopic (exact) mass is 154 g/mol. The van der Waals surface area contributed by atoms with Gasteiger partial charge in [0.05, 0.1) is 0 Å². The summed E-state index contributed by atoms with van der Waals surface area (Å²) in [6, 6.07) is 0. The largest absolute Gasteiger partial charge is 0.338 e. The Morgan fingerprint density at radius 1 is 1.36 bits per heavy atom. The highest BCUT2D eigenvalue weighted by Gasteiger charge is 1.83. The third kappa shape index (κ3) is 5.64. The Kier molecular flexibility index (Phi) is 4.59. The Morgan fingerprint density at radius 3 is 1.91 bits per heavy atom. The van der Waals surface area contributed by atoms with Crippen LogP contribution in [0.5, 0.6) is 0 Å². The summed E-state index contributed by atoms with van der Waals surface area (Å²) in [4.78, 5) is 3.98. The van der Waals surface area contributed by atoms with E-state index in [1.807, 2.05) is 24.7 Å². The summed E-state index contributed by atoms with van der Waals surface area (Å²) in [5, 5.41) is 0. The molecule has 64 valence electrons. The molecule has 0 aliphatic rings. The van der Waals surface area contributed by atoms with Gasteiger partial charge in [0.1, 0.15) is 5.82 Å². The summed E-state index contributed by atoms with van der Waals surface area (Å²) < 4.78 is 1.97. The first-order valence-electron chi connectivity index (χ1n) is 3.98. The highest BCUT2D eigenvalue weighted by atomic mass is 15.0. The third-order valence-electron chi connectivity index (χ3n) is 1.06. The van der Waals surface area contributed by atoms with E-state index >= 15 is 0 Å². The van der Waals surface area contributed by atoms with Crippen molar-refractivity contribution in [2.75, 3.05) is 0 Å². The molecule has 0 saturated heterocycles. The fraction of sp³-hybridized carbons (Fsp3) is 0.667. The van der Waals surface area contributed by atoms with Crippen LogP contribution in [0, 0.1) is 12.8 Å². The molecule has 0 bridgehead atoms. The molecule has 0 atom stereocenters. The molecule has 1 aromatic rings. The standard InChI is InChI=1S/C5H8N2.C4H10/c1-5-6-3-4-7(5)2;1-4(2)3/h3-4H,1-2H3;4H,1-3H3. The molecule has 1 rings (SSSR count). The molecule has 2 nitrogen and oxygen atoms in total. The van der Waals surface area contributed by atoms with Gasteiger partial charge in [0, 0.05) is 19.4 Å². The first-order valence-corrected chi connectivity index (χ1v) is 3.98. The van der Waals surface area contributed by atoms with E-state index in [2.05, 4.69) is 25.8 Å². The van der Waals surface area contributed by atoms with E-state index in [4.69, 9.17) is 0 Å². The number of aryl methyl sites for hydroxylation is 2. The van der Waals surface area contributed by atoms with Gasteiger partial charge in [0.25, 0.3) is 0 Å². The minimum absolute atomic E-state index is 0.833. The highest BCUT2D eigenvalue weighted by molar-refractivity contribution is 4.85. The summed E-state index contributed by atoms with van der Waals surface area (Å²) in [7, 11) is 1.97. The van der Waals surface area contributed by atoms with Gasteiger partial charge in [-0.05, 0) is 12.8 Å². The Morgan fingerprint density at radius 2 is 1.82 bits per heavy atom. The molecule has 0 aromatic carbocycles. The first kappa shape index (κ1) is 10.2. The molecule has 0 N–H and O–H groups in total. The summed E-state index contributed by atoms with van der Waals surface area (Å²) in [6.45, 7) is 8.47. The third-order valence-corrected chi connectivity index (χ3v) is 1.06. The van der Waals surface area contributed by atoms with Gasteiger partial charge in [-0.2, -0.15) is 0 Å². The van der Waals surface area contributed by atoms with Crippen LogP contribution in [0.4, 0.5) is 0 Å². The highest BCUT2D eigenvalue weighted by Crippen LogP contribution is 1.87. The second kappa shape index (κ2) is 4.94. The molecule has 0 fully saturated rings. The van der Waals surface area contributed by atoms with Crippen LogP contribution in [0.15, 0.2) is 12.4 Å². The zero-order chi connectivity index (χ0) is 8.85. The normalized spacial score (nSPS) is 9.27. The smallest absolute Gasteiger partial charge is 0.105 e. The van der Waals surface area contributed by atoms with Crippen molar-refractivity contribution in [2.45, 2.75) is 27.7 Å². The number of aromatic nitrogens is 2. The van der Waals surface area contributed by atoms with Crippen LogP contribution < -0.4 is 0 Å². The van der Waals surface area contributed by atoms with E-state index in [0.29, 0.717) is 0 Å². The van der Waals surface area contributed by atoms with Gasteiger partial charge in [-0.25, -0.2) is 4.98 Å². The quantitative estimate of drug-likeness (QED) is 0.561. The van der Waals surface area contributed by atoms with E-state index in [0.717, 1.165) is 11.7 Å². The van der Waals surface area contributed by atoms with Crippen molar-refractivity contribution in [1.29, 1.82) is 0 Å². The van der Waals surface area contributed by atoms with Crippen molar-refractivity contribution in [3.63, 3.8) is 0 Å². The average molecular weight is 154 g/mol. The van der Waals surface area contributed by atoms with Crippen molar-refractivity contribution in [3.8, 4) is 0 Å². The molecule has 0 radical (unpaired) electrons. The summed E-state index contributed by atoms with van der Waals surface area (Å²) >= 11 is 0. The van der Waals surface area contributed by atoms with Gasteiger partial charge in [0.15, 0.2) is 0 Å². The average Bonchev–Trinajstić information content (AvgIpc) is 2.15. The second-order valence-corrected chi connectivity index (χ2v) is 3.32. The maximum atomic E-state index is 3.98. The van der Waals surface area contributed by atoms with Crippen LogP contribution >= 0.6 is 0 Å². The Bertz CT molecular complexity index is 170. The van der Waals surface area contributed by atoms with Crippen LogP contribution in [-0.4, -0.2) is 9.55 Å². The van der Waals surface area contributed by atoms with Crippen LogP contribution in [0.3, 0.4) is 0 Å². The number of hydrogen-bond donors (Lipinski definition) is 0. The summed E-state index contributed by atoms with van der Waals surface area (Å²) in [5.74, 6) is 1.89. The van der Waals surface area contributed by atoms with Crippen molar-refractivity contribution >= 4 is 0 Å². The van der Waals surface area contributed by atoms with E-state index in [9.17, 15) is 0 Å². The molecule has 0 amide bonds. The van der Waals surface area contributed by atoms with E-state index in [-0.39, 0.29) is 0 Å². The second-order valence-electron chi connectivity index (χ2n) is 3.32. The molecule has 0 saturated carbocycles. The van der Waals surface area contributed by atoms with Gasteiger partial charge in [0.2, 0.25) is 0 Å². The maximum absolute atomic E-state index is 3.98. The lowest BCUT2D eigenvalue weighted by Crippen LogP contribution is -1.86. The van der Waals surface area contributed by atoms with Crippen molar-refractivity contribution in [1.82, 2.24) is 9.55 Å². The van der Waals surface area contributed by atoms with E-state index in [1.54, 1.807) is 6.20 Å². The minimum atomic E-state index is 0.833. The summed E-state index contributed by atoms with van der Waals surface area (Å²) in [6.07, 6.45) is 3.71. The van der Waals surface area contributed by atoms with E-state index < -0.39 is 0 Å². The lowest BCUT2D eigenvalue weighted by molar-refractivity contribution is 0.737. The molecular weight excluding hydrogens is 136 g/mol. The molecular formula is C9H18N2. The van der Waals surface area contributed by atoms with Crippen LogP contribution in [0.1, 0.15) is 26.6 Å². The lowest BCUT2D eigenvalue weighted by Gasteiger charge is -1.87. The zero-order valence-electron chi connectivity index (χ0n) is 8.13. The van der Waals surface area contributed by atoms with E-state index in [1.165, 1.54) is 0 Å². The maximum Gasteiger partial charge on any atom is 0.105 e. The minimum Gasteiger partial charge on any atom is -0.338 e. The zero-order valence-corrected chi connectivity index (χ0v) is 8.13.